The summed E-state index contributed by atoms with van der Waals surface area (Å²) in [4.78, 5) is 29.9. The van der Waals surface area contributed by atoms with E-state index in [1.807, 2.05) is 38.1 Å². The van der Waals surface area contributed by atoms with Gasteiger partial charge in [-0.25, -0.2) is 9.79 Å². The molecule has 8 nitrogen and oxygen atoms in total. The van der Waals surface area contributed by atoms with Gasteiger partial charge in [0.05, 0.1) is 13.2 Å². The molecule has 0 bridgehead atoms. The standard InChI is InChI=1S/C21H33N5O3.HI/c1-4-15(3)19(27)24-18-8-6-7-16(13-18)14-23-20(22)25-17-9-11-26(12-10-17)21(28)29-5-2;/h6-8,13,15,17H,4-5,9-12,14H2,1-3H3,(H,24,27)(H3,22,23,25);1H. The molecule has 0 radical (unpaired) electrons. The quantitative estimate of drug-likeness (QED) is 0.284. The van der Waals surface area contributed by atoms with E-state index in [0.717, 1.165) is 30.5 Å². The lowest BCUT2D eigenvalue weighted by atomic mass is 10.1. The van der Waals surface area contributed by atoms with Gasteiger partial charge in [-0.15, -0.1) is 24.0 Å². The molecule has 2 amide bonds. The van der Waals surface area contributed by atoms with Gasteiger partial charge in [-0.3, -0.25) is 4.79 Å². The minimum atomic E-state index is -0.257. The molecule has 1 aromatic rings. The number of hydrogen-bond donors (Lipinski definition) is 3. The predicted molar refractivity (Wildman–Crippen MR) is 130 cm³/mol. The maximum absolute atomic E-state index is 12.0. The minimum Gasteiger partial charge on any atom is -0.450 e. The molecule has 1 aromatic carbocycles. The number of ether oxygens (including phenoxy) is 1. The fourth-order valence-electron chi connectivity index (χ4n) is 3.05. The molecule has 9 heteroatoms. The molecule has 2 rings (SSSR count). The first-order chi connectivity index (χ1) is 13.9. The Labute approximate surface area is 196 Å². The normalized spacial score (nSPS) is 15.7. The van der Waals surface area contributed by atoms with Crippen molar-refractivity contribution in [2.75, 3.05) is 25.0 Å². The summed E-state index contributed by atoms with van der Waals surface area (Å²) in [5, 5.41) is 6.16. The van der Waals surface area contributed by atoms with Crippen molar-refractivity contribution in [2.45, 2.75) is 52.6 Å². The average Bonchev–Trinajstić information content (AvgIpc) is 2.72. The van der Waals surface area contributed by atoms with E-state index in [1.54, 1.807) is 11.8 Å². The number of amides is 2. The number of nitrogens with one attached hydrogen (secondary N) is 2. The minimum absolute atomic E-state index is 0. The molecule has 1 aliphatic heterocycles. The monoisotopic (exact) mass is 531 g/mol. The Morgan fingerprint density at radius 1 is 1.30 bits per heavy atom. The van der Waals surface area contributed by atoms with Crippen LogP contribution in [0.25, 0.3) is 0 Å². The zero-order chi connectivity index (χ0) is 21.2. The summed E-state index contributed by atoms with van der Waals surface area (Å²) < 4.78 is 5.03. The summed E-state index contributed by atoms with van der Waals surface area (Å²) >= 11 is 0. The lowest BCUT2D eigenvalue weighted by Gasteiger charge is -2.31. The second-order valence-corrected chi connectivity index (χ2v) is 7.30. The highest BCUT2D eigenvalue weighted by Crippen LogP contribution is 2.14. The summed E-state index contributed by atoms with van der Waals surface area (Å²) in [7, 11) is 0. The van der Waals surface area contributed by atoms with E-state index in [2.05, 4.69) is 15.6 Å². The molecular weight excluding hydrogens is 497 g/mol. The number of piperidine rings is 1. The van der Waals surface area contributed by atoms with Crippen molar-refractivity contribution in [2.24, 2.45) is 16.6 Å². The van der Waals surface area contributed by atoms with Crippen molar-refractivity contribution in [3.8, 4) is 0 Å². The van der Waals surface area contributed by atoms with Crippen LogP contribution in [0, 0.1) is 5.92 Å². The van der Waals surface area contributed by atoms with Gasteiger partial charge < -0.3 is 26.0 Å². The maximum atomic E-state index is 12.0. The lowest BCUT2D eigenvalue weighted by Crippen LogP contribution is -2.48. The van der Waals surface area contributed by atoms with E-state index in [4.69, 9.17) is 10.5 Å². The third-order valence-corrected chi connectivity index (χ3v) is 5.06. The second-order valence-electron chi connectivity index (χ2n) is 7.30. The largest absolute Gasteiger partial charge is 0.450 e. The number of carbonyl (C=O) groups is 2. The number of hydrogen-bond acceptors (Lipinski definition) is 4. The molecule has 1 aliphatic rings. The SMILES string of the molecule is CCOC(=O)N1CCC(NC(N)=NCc2cccc(NC(=O)C(C)CC)c2)CC1.I. The summed E-state index contributed by atoms with van der Waals surface area (Å²) in [6, 6.07) is 7.81. The number of guanidine groups is 1. The molecule has 0 aromatic heterocycles. The fourth-order valence-corrected chi connectivity index (χ4v) is 3.05. The number of likely N-dealkylation sites (tertiary alicyclic amines) is 1. The van der Waals surface area contributed by atoms with Gasteiger partial charge in [0.15, 0.2) is 5.96 Å². The molecule has 1 saturated heterocycles. The highest BCUT2D eigenvalue weighted by atomic mass is 127. The topological polar surface area (TPSA) is 109 Å². The van der Waals surface area contributed by atoms with Crippen LogP contribution in [-0.4, -0.2) is 48.6 Å². The number of rotatable bonds is 7. The predicted octanol–water partition coefficient (Wildman–Crippen LogP) is 3.31. The number of carbonyl (C=O) groups excluding carboxylic acids is 2. The van der Waals surface area contributed by atoms with Gasteiger partial charge in [-0.05, 0) is 43.9 Å². The molecule has 0 aliphatic carbocycles. The summed E-state index contributed by atoms with van der Waals surface area (Å²) in [5.74, 6) is 0.379. The van der Waals surface area contributed by atoms with Crippen LogP contribution in [0.2, 0.25) is 0 Å². The Bertz CT molecular complexity index is 720. The van der Waals surface area contributed by atoms with Crippen molar-refractivity contribution in [3.63, 3.8) is 0 Å². The van der Waals surface area contributed by atoms with Crippen molar-refractivity contribution in [3.05, 3.63) is 29.8 Å². The zero-order valence-electron chi connectivity index (χ0n) is 18.0. The van der Waals surface area contributed by atoms with Crippen LogP contribution in [0.3, 0.4) is 0 Å². The highest BCUT2D eigenvalue weighted by Gasteiger charge is 2.23. The Kier molecular flexibility index (Phi) is 11.5. The molecule has 1 unspecified atom stereocenters. The first-order valence-electron chi connectivity index (χ1n) is 10.3. The Balaban J connectivity index is 0.00000450. The number of nitrogens with two attached hydrogens (primary N) is 1. The zero-order valence-corrected chi connectivity index (χ0v) is 20.3. The van der Waals surface area contributed by atoms with Crippen LogP contribution in [0.1, 0.15) is 45.6 Å². The third kappa shape index (κ3) is 8.37. The Hall–Kier alpha value is -2.04. The molecule has 4 N–H and O–H groups in total. The van der Waals surface area contributed by atoms with Crippen LogP contribution < -0.4 is 16.4 Å². The number of nitrogens with zero attached hydrogens (tertiary/aromatic N) is 2. The first-order valence-corrected chi connectivity index (χ1v) is 10.3. The number of halogens is 1. The summed E-state index contributed by atoms with van der Waals surface area (Å²) in [6.07, 6.45) is 2.14. The highest BCUT2D eigenvalue weighted by molar-refractivity contribution is 14.0. The van der Waals surface area contributed by atoms with Gasteiger partial charge in [-0.1, -0.05) is 26.0 Å². The maximum Gasteiger partial charge on any atom is 0.409 e. The van der Waals surface area contributed by atoms with Crippen LogP contribution in [0.5, 0.6) is 0 Å². The van der Waals surface area contributed by atoms with Gasteiger partial charge in [0, 0.05) is 30.7 Å². The first kappa shape index (κ1) is 26.0. The van der Waals surface area contributed by atoms with Gasteiger partial charge in [0.1, 0.15) is 0 Å². The van der Waals surface area contributed by atoms with Gasteiger partial charge in [-0.2, -0.15) is 0 Å². The Morgan fingerprint density at radius 3 is 2.63 bits per heavy atom. The summed E-state index contributed by atoms with van der Waals surface area (Å²) in [5.41, 5.74) is 7.77. The molecule has 1 atom stereocenters. The van der Waals surface area contributed by atoms with Crippen molar-refractivity contribution >= 4 is 47.6 Å². The fraction of sp³-hybridized carbons (Fsp3) is 0.571. The van der Waals surface area contributed by atoms with Crippen LogP contribution in [-0.2, 0) is 16.1 Å². The van der Waals surface area contributed by atoms with E-state index >= 15 is 0 Å². The summed E-state index contributed by atoms with van der Waals surface area (Å²) in [6.45, 7) is 7.80. The Morgan fingerprint density at radius 2 is 2.00 bits per heavy atom. The van der Waals surface area contributed by atoms with E-state index in [9.17, 15) is 9.59 Å². The molecule has 1 heterocycles. The number of anilines is 1. The van der Waals surface area contributed by atoms with Crippen molar-refractivity contribution in [1.29, 1.82) is 0 Å². The second kappa shape index (κ2) is 13.3. The lowest BCUT2D eigenvalue weighted by molar-refractivity contribution is -0.119. The number of aliphatic imine (C=N–C) groups is 1. The van der Waals surface area contributed by atoms with Crippen LogP contribution >= 0.6 is 24.0 Å². The van der Waals surface area contributed by atoms with Crippen molar-refractivity contribution in [1.82, 2.24) is 10.2 Å². The van der Waals surface area contributed by atoms with E-state index in [0.29, 0.717) is 32.2 Å². The molecular formula is C21H34IN5O3. The van der Waals surface area contributed by atoms with E-state index < -0.39 is 0 Å². The van der Waals surface area contributed by atoms with Gasteiger partial charge in [0.2, 0.25) is 5.91 Å². The van der Waals surface area contributed by atoms with E-state index in [-0.39, 0.29) is 47.9 Å². The smallest absolute Gasteiger partial charge is 0.409 e. The van der Waals surface area contributed by atoms with Crippen LogP contribution in [0.4, 0.5) is 10.5 Å². The average molecular weight is 531 g/mol. The molecule has 30 heavy (non-hydrogen) atoms. The number of benzene rings is 1. The molecule has 0 spiro atoms. The van der Waals surface area contributed by atoms with Gasteiger partial charge >= 0.3 is 6.09 Å². The molecule has 168 valence electrons. The third-order valence-electron chi connectivity index (χ3n) is 5.06. The van der Waals surface area contributed by atoms with Gasteiger partial charge in [0.25, 0.3) is 0 Å². The molecule has 0 saturated carbocycles. The molecule has 1 fully saturated rings. The van der Waals surface area contributed by atoms with Crippen molar-refractivity contribution < 1.29 is 14.3 Å². The van der Waals surface area contributed by atoms with E-state index in [1.165, 1.54) is 0 Å². The van der Waals surface area contributed by atoms with Crippen LogP contribution in [0.15, 0.2) is 29.3 Å².